The number of pyridine rings is 2. The molecule has 0 atom stereocenters. The summed E-state index contributed by atoms with van der Waals surface area (Å²) >= 11 is 1.69. The van der Waals surface area contributed by atoms with Crippen LogP contribution in [0.25, 0.3) is 65.6 Å². The van der Waals surface area contributed by atoms with Gasteiger partial charge >= 0.3 is 70.8 Å². The Morgan fingerprint density at radius 1 is 0.510 bits per heavy atom. The average molecular weight is 795 g/mol. The van der Waals surface area contributed by atoms with Crippen molar-refractivity contribution >= 4 is 54.0 Å². The van der Waals surface area contributed by atoms with Crippen LogP contribution in [-0.4, -0.2) is 15.4 Å². The third-order valence-corrected chi connectivity index (χ3v) is 12.1. The van der Waals surface area contributed by atoms with E-state index in [0.717, 1.165) is 11.0 Å². The Balaban J connectivity index is 0.000000156. The van der Waals surface area contributed by atoms with Crippen LogP contribution in [0.15, 0.2) is 164 Å². The van der Waals surface area contributed by atoms with Crippen LogP contribution in [0.3, 0.4) is 0 Å². The molecule has 51 heavy (non-hydrogen) atoms. The van der Waals surface area contributed by atoms with Crippen molar-refractivity contribution in [2.24, 2.45) is 0 Å². The van der Waals surface area contributed by atoms with Crippen LogP contribution in [0.5, 0.6) is 0 Å². The van der Waals surface area contributed by atoms with Gasteiger partial charge in [0.15, 0.2) is 0 Å². The first-order valence-corrected chi connectivity index (χ1v) is 22.2. The van der Waals surface area contributed by atoms with Crippen LogP contribution in [0.4, 0.5) is 0 Å². The topological polar surface area (TPSA) is 25.8 Å². The summed E-state index contributed by atoms with van der Waals surface area (Å²) in [4.78, 5) is 9.14. The van der Waals surface area contributed by atoms with Crippen molar-refractivity contribution in [2.75, 3.05) is 0 Å². The molecule has 0 N–H and O–H groups in total. The molecule has 0 amide bonds. The zero-order valence-electron chi connectivity index (χ0n) is 28.7. The molecule has 0 saturated heterocycles. The van der Waals surface area contributed by atoms with E-state index >= 15 is 0 Å². The van der Waals surface area contributed by atoms with Crippen molar-refractivity contribution in [3.8, 4) is 22.3 Å². The summed E-state index contributed by atoms with van der Waals surface area (Å²) < 4.78 is 0. The maximum atomic E-state index is 4.57. The first-order chi connectivity index (χ1) is 23.9. The fraction of sp³-hybridized carbons (Fsp3) is 0.0667. The summed E-state index contributed by atoms with van der Waals surface area (Å²) in [5, 5.41) is 9.14. The number of fused-ring (bicyclic) bond motifs is 4. The maximum absolute atomic E-state index is 4.57. The average Bonchev–Trinajstić information content (AvgIpc) is 3.72. The fourth-order valence-corrected chi connectivity index (χ4v) is 8.32. The van der Waals surface area contributed by atoms with E-state index in [1.807, 2.05) is 36.7 Å². The summed E-state index contributed by atoms with van der Waals surface area (Å²) in [6, 6.07) is 53.6. The monoisotopic (exact) mass is 792 g/mol. The number of hydrogen-bond acceptors (Lipinski definition) is 2. The summed E-state index contributed by atoms with van der Waals surface area (Å²) in [6.45, 7) is 6.63. The van der Waals surface area contributed by atoms with Crippen molar-refractivity contribution in [1.82, 2.24) is 9.97 Å². The standard InChI is InChI=1S/2C19H14N.C7H8Si.2ClH.Zr/c2*1-13-9-14-6-4-7-17(18(14)10-13)16-11-15-5-2-3-8-19(15)20-12-16;1-8-7-5-3-2-4-6-7;;;/h2*2-12H,1H3;2-6H,1H3;2*1H;/q2*-1;;;;+2/p-2. The minimum Gasteiger partial charge on any atom is -1.00 e. The van der Waals surface area contributed by atoms with Crippen LogP contribution < -0.4 is 30.0 Å². The number of nitrogens with zero attached hydrogens (tertiary/aromatic N) is 2. The van der Waals surface area contributed by atoms with Gasteiger partial charge in [-0.05, 0) is 35.4 Å². The Kier molecular flexibility index (Phi) is 13.0. The molecule has 9 rings (SSSR count). The molecule has 0 bridgehead atoms. The largest absolute Gasteiger partial charge is 1.00 e. The molecule has 2 aromatic heterocycles. The molecule has 0 aliphatic rings. The summed E-state index contributed by atoms with van der Waals surface area (Å²) in [7, 11) is 0. The van der Waals surface area contributed by atoms with Crippen LogP contribution >= 0.6 is 0 Å². The van der Waals surface area contributed by atoms with Gasteiger partial charge in [0.05, 0.1) is 11.0 Å². The van der Waals surface area contributed by atoms with E-state index in [1.165, 1.54) is 65.7 Å². The Hall–Kier alpha value is -4.18. The molecule has 0 aliphatic heterocycles. The molecular formula is C45H36Cl2N2SiZr-2. The molecule has 0 unspecified atom stereocenters. The number of halogens is 2. The molecule has 0 spiro atoms. The van der Waals surface area contributed by atoms with E-state index in [2.05, 4.69) is 158 Å². The van der Waals surface area contributed by atoms with Gasteiger partial charge in [0.1, 0.15) is 0 Å². The van der Waals surface area contributed by atoms with E-state index in [9.17, 15) is 0 Å². The molecule has 0 fully saturated rings. The van der Waals surface area contributed by atoms with Gasteiger partial charge in [-0.2, -0.15) is 12.1 Å². The number of para-hydroxylation sites is 2. The van der Waals surface area contributed by atoms with Crippen molar-refractivity contribution in [1.29, 1.82) is 0 Å². The first-order valence-electron chi connectivity index (χ1n) is 16.6. The number of aromatic nitrogens is 2. The van der Waals surface area contributed by atoms with Crippen molar-refractivity contribution < 1.29 is 48.1 Å². The first kappa shape index (κ1) is 38.1. The Bertz CT molecular complexity index is 2420. The molecule has 6 heteroatoms. The number of aryl methyl sites for hydroxylation is 2. The zero-order chi connectivity index (χ0) is 33.7. The second-order valence-electron chi connectivity index (χ2n) is 12.5. The third-order valence-electron chi connectivity index (χ3n) is 8.80. The van der Waals surface area contributed by atoms with E-state index in [1.54, 1.807) is 28.5 Å². The smallest absolute Gasteiger partial charge is 0.0702 e. The van der Waals surface area contributed by atoms with Crippen molar-refractivity contribution in [2.45, 2.75) is 20.4 Å². The SMILES string of the molecule is C[Si](=[Zr+2])c1ccccc1.Cc1cc2c(-c3cnc4ccccc4c3)cccc2[cH-]1.Cc1cc2c(-c3cnc4ccccc4c3)cccc2[cH-]1.[Cl-].[Cl-]. The van der Waals surface area contributed by atoms with Gasteiger partial charge in [-0.3, -0.25) is 9.97 Å². The molecule has 2 nitrogen and oxygen atoms in total. The van der Waals surface area contributed by atoms with Gasteiger partial charge in [-0.25, -0.2) is 0 Å². The van der Waals surface area contributed by atoms with Gasteiger partial charge in [-0.1, -0.05) is 73.5 Å². The number of rotatable bonds is 3. The third kappa shape index (κ3) is 8.83. The molecule has 9 aromatic rings. The summed E-state index contributed by atoms with van der Waals surface area (Å²) in [5.74, 6) is 0. The second-order valence-corrected chi connectivity index (χ2v) is 19.9. The van der Waals surface area contributed by atoms with Crippen LogP contribution in [0.1, 0.15) is 11.1 Å². The minimum atomic E-state index is -0.122. The molecule has 0 saturated carbocycles. The van der Waals surface area contributed by atoms with Gasteiger partial charge in [0, 0.05) is 23.2 Å². The van der Waals surface area contributed by atoms with Crippen molar-refractivity contribution in [3.63, 3.8) is 0 Å². The van der Waals surface area contributed by atoms with E-state index in [-0.39, 0.29) is 30.2 Å². The molecule has 7 aromatic carbocycles. The van der Waals surface area contributed by atoms with Gasteiger partial charge in [0.25, 0.3) is 0 Å². The van der Waals surface area contributed by atoms with Crippen LogP contribution in [-0.2, 0) is 23.3 Å². The predicted molar refractivity (Wildman–Crippen MR) is 208 cm³/mol. The second kappa shape index (κ2) is 17.4. The van der Waals surface area contributed by atoms with Gasteiger partial charge < -0.3 is 24.8 Å². The van der Waals surface area contributed by atoms with Crippen molar-refractivity contribution in [3.05, 3.63) is 175 Å². The number of benzene rings is 5. The summed E-state index contributed by atoms with van der Waals surface area (Å²) in [6.07, 6.45) is 3.94. The normalized spacial score (nSPS) is 10.5. The maximum Gasteiger partial charge on any atom is 0.0702 e. The molecule has 2 heterocycles. The van der Waals surface area contributed by atoms with Crippen LogP contribution in [0.2, 0.25) is 6.55 Å². The Morgan fingerprint density at radius 2 is 0.941 bits per heavy atom. The number of hydrogen-bond donors (Lipinski definition) is 0. The molecule has 250 valence electrons. The predicted octanol–water partition coefficient (Wildman–Crippen LogP) is 5.23. The molecular weight excluding hydrogens is 759 g/mol. The van der Waals surface area contributed by atoms with E-state index in [0.29, 0.717) is 0 Å². The van der Waals surface area contributed by atoms with E-state index < -0.39 is 0 Å². The van der Waals surface area contributed by atoms with Gasteiger partial charge in [0.2, 0.25) is 0 Å². The minimum absolute atomic E-state index is 0. The van der Waals surface area contributed by atoms with Crippen LogP contribution in [0, 0.1) is 13.8 Å². The molecule has 0 aliphatic carbocycles. The fourth-order valence-electron chi connectivity index (χ4n) is 6.40. The zero-order valence-corrected chi connectivity index (χ0v) is 33.7. The molecule has 0 radical (unpaired) electrons. The quantitative estimate of drug-likeness (QED) is 0.181. The Morgan fingerprint density at radius 3 is 1.37 bits per heavy atom. The van der Waals surface area contributed by atoms with Gasteiger partial charge in [-0.15, -0.1) is 69.1 Å². The van der Waals surface area contributed by atoms with E-state index in [4.69, 9.17) is 0 Å². The summed E-state index contributed by atoms with van der Waals surface area (Å²) in [5.41, 5.74) is 9.46. The Labute approximate surface area is 327 Å².